The molecule has 0 saturated heterocycles. The summed E-state index contributed by atoms with van der Waals surface area (Å²) in [6, 6.07) is 17.1. The van der Waals surface area contributed by atoms with Gasteiger partial charge in [-0.25, -0.2) is 10.2 Å². The Hall–Kier alpha value is -2.82. The van der Waals surface area contributed by atoms with Crippen molar-refractivity contribution in [3.8, 4) is 5.75 Å². The summed E-state index contributed by atoms with van der Waals surface area (Å²) in [5.41, 5.74) is 4.25. The number of carbonyl (C=O) groups is 1. The number of carbonyl (C=O) groups excluding carboxylic acids is 1. The molecule has 2 aromatic carbocycles. The molecule has 0 aliphatic carbocycles. The zero-order valence-corrected chi connectivity index (χ0v) is 12.4. The van der Waals surface area contributed by atoms with Crippen LogP contribution < -0.4 is 10.2 Å². The van der Waals surface area contributed by atoms with Gasteiger partial charge in [0.1, 0.15) is 19.0 Å². The third kappa shape index (κ3) is 5.28. The minimum Gasteiger partial charge on any atom is -0.488 e. The minimum atomic E-state index is -0.601. The molecular weight excluding hydrogens is 280 g/mol. The van der Waals surface area contributed by atoms with Crippen molar-refractivity contribution in [1.82, 2.24) is 5.43 Å². The molecule has 5 heteroatoms. The highest BCUT2D eigenvalue weighted by atomic mass is 16.6. The Kier molecular flexibility index (Phi) is 5.99. The van der Waals surface area contributed by atoms with E-state index in [1.807, 2.05) is 61.5 Å². The second-order valence-corrected chi connectivity index (χ2v) is 4.56. The van der Waals surface area contributed by atoms with Crippen LogP contribution in [0.25, 0.3) is 0 Å². The summed E-state index contributed by atoms with van der Waals surface area (Å²) < 4.78 is 10.5. The van der Waals surface area contributed by atoms with Crippen molar-refractivity contribution in [3.05, 3.63) is 65.7 Å². The maximum Gasteiger partial charge on any atom is 0.428 e. The monoisotopic (exact) mass is 298 g/mol. The average Bonchev–Trinajstić information content (AvgIpc) is 2.55. The highest BCUT2D eigenvalue weighted by molar-refractivity contribution is 5.69. The van der Waals surface area contributed by atoms with E-state index in [-0.39, 0.29) is 13.2 Å². The molecule has 1 amide bonds. The topological polar surface area (TPSA) is 59.9 Å². The highest BCUT2D eigenvalue weighted by Crippen LogP contribution is 2.15. The lowest BCUT2D eigenvalue weighted by Gasteiger charge is -2.06. The molecule has 0 aliphatic heterocycles. The van der Waals surface area contributed by atoms with Crippen LogP contribution in [0.15, 0.2) is 59.7 Å². The molecular formula is C17H18N2O3. The number of nitrogens with one attached hydrogen (secondary N) is 1. The predicted octanol–water partition coefficient (Wildman–Crippen LogP) is 3.29. The third-order valence-corrected chi connectivity index (χ3v) is 2.87. The molecule has 0 fully saturated rings. The normalized spacial score (nSPS) is 10.4. The van der Waals surface area contributed by atoms with Gasteiger partial charge in [0.2, 0.25) is 0 Å². The summed E-state index contributed by atoms with van der Waals surface area (Å²) in [5.74, 6) is 0.792. The van der Waals surface area contributed by atoms with E-state index in [1.54, 1.807) is 0 Å². The Morgan fingerprint density at radius 3 is 2.64 bits per heavy atom. The van der Waals surface area contributed by atoms with Crippen LogP contribution in [0, 0.1) is 6.92 Å². The lowest BCUT2D eigenvalue weighted by molar-refractivity contribution is 0.140. The molecule has 0 bridgehead atoms. The molecule has 114 valence electrons. The SMILES string of the molecule is Cc1ccccc1OCC=NNC(=O)OCc1ccccc1. The maximum absolute atomic E-state index is 11.4. The fourth-order valence-corrected chi connectivity index (χ4v) is 1.74. The number of amides is 1. The van der Waals surface area contributed by atoms with Gasteiger partial charge in [-0.05, 0) is 24.1 Å². The van der Waals surface area contributed by atoms with Crippen LogP contribution in [0.3, 0.4) is 0 Å². The molecule has 0 aromatic heterocycles. The second-order valence-electron chi connectivity index (χ2n) is 4.56. The number of benzene rings is 2. The summed E-state index contributed by atoms with van der Waals surface area (Å²) in [4.78, 5) is 11.4. The summed E-state index contributed by atoms with van der Waals surface area (Å²) in [5, 5.41) is 3.75. The quantitative estimate of drug-likeness (QED) is 0.657. The Morgan fingerprint density at radius 1 is 1.14 bits per heavy atom. The largest absolute Gasteiger partial charge is 0.488 e. The van der Waals surface area contributed by atoms with E-state index in [0.29, 0.717) is 0 Å². The van der Waals surface area contributed by atoms with E-state index >= 15 is 0 Å². The van der Waals surface area contributed by atoms with Crippen molar-refractivity contribution in [2.45, 2.75) is 13.5 Å². The lowest BCUT2D eigenvalue weighted by atomic mass is 10.2. The number of ether oxygens (including phenoxy) is 2. The van der Waals surface area contributed by atoms with Gasteiger partial charge in [0, 0.05) is 0 Å². The first-order chi connectivity index (χ1) is 10.8. The van der Waals surface area contributed by atoms with Crippen LogP contribution in [-0.4, -0.2) is 18.9 Å². The summed E-state index contributed by atoms with van der Waals surface area (Å²) >= 11 is 0. The van der Waals surface area contributed by atoms with Crippen molar-refractivity contribution in [2.24, 2.45) is 5.10 Å². The summed E-state index contributed by atoms with van der Waals surface area (Å²) in [6.45, 7) is 2.44. The van der Waals surface area contributed by atoms with Crippen molar-refractivity contribution < 1.29 is 14.3 Å². The smallest absolute Gasteiger partial charge is 0.428 e. The first-order valence-corrected chi connectivity index (χ1v) is 6.92. The van der Waals surface area contributed by atoms with Gasteiger partial charge in [0.05, 0.1) is 6.21 Å². The minimum absolute atomic E-state index is 0.210. The molecule has 0 heterocycles. The number of rotatable bonds is 6. The molecule has 5 nitrogen and oxygen atoms in total. The number of hydrogen-bond donors (Lipinski definition) is 1. The predicted molar refractivity (Wildman–Crippen MR) is 84.9 cm³/mol. The number of aryl methyl sites for hydroxylation is 1. The van der Waals surface area contributed by atoms with Crippen LogP contribution in [0.4, 0.5) is 4.79 Å². The first kappa shape index (κ1) is 15.6. The summed E-state index contributed by atoms with van der Waals surface area (Å²) in [7, 11) is 0. The van der Waals surface area contributed by atoms with Crippen LogP contribution >= 0.6 is 0 Å². The number of nitrogens with zero attached hydrogens (tertiary/aromatic N) is 1. The molecule has 22 heavy (non-hydrogen) atoms. The molecule has 0 unspecified atom stereocenters. The van der Waals surface area contributed by atoms with Crippen molar-refractivity contribution in [2.75, 3.05) is 6.61 Å². The van der Waals surface area contributed by atoms with Gasteiger partial charge in [-0.15, -0.1) is 0 Å². The zero-order valence-electron chi connectivity index (χ0n) is 12.4. The number of hydrazone groups is 1. The molecule has 2 aromatic rings. The van der Waals surface area contributed by atoms with E-state index in [0.717, 1.165) is 16.9 Å². The van der Waals surface area contributed by atoms with Gasteiger partial charge in [0.15, 0.2) is 0 Å². The van der Waals surface area contributed by atoms with Crippen LogP contribution in [-0.2, 0) is 11.3 Å². The van der Waals surface area contributed by atoms with E-state index < -0.39 is 6.09 Å². The Bertz CT molecular complexity index is 627. The molecule has 0 atom stereocenters. The van der Waals surface area contributed by atoms with Crippen LogP contribution in [0.5, 0.6) is 5.75 Å². The third-order valence-electron chi connectivity index (χ3n) is 2.87. The Labute approximate surface area is 129 Å². The maximum atomic E-state index is 11.4. The second kappa shape index (κ2) is 8.46. The van der Waals surface area contributed by atoms with Gasteiger partial charge >= 0.3 is 6.09 Å². The van der Waals surface area contributed by atoms with Crippen molar-refractivity contribution in [1.29, 1.82) is 0 Å². The van der Waals surface area contributed by atoms with E-state index in [4.69, 9.17) is 9.47 Å². The van der Waals surface area contributed by atoms with E-state index in [9.17, 15) is 4.79 Å². The number of hydrogen-bond acceptors (Lipinski definition) is 4. The molecule has 0 spiro atoms. The molecule has 1 N–H and O–H groups in total. The molecule has 0 saturated carbocycles. The van der Waals surface area contributed by atoms with Gasteiger partial charge in [-0.3, -0.25) is 0 Å². The van der Waals surface area contributed by atoms with Gasteiger partial charge in [-0.1, -0.05) is 48.5 Å². The van der Waals surface area contributed by atoms with Gasteiger partial charge in [-0.2, -0.15) is 5.10 Å². The standard InChI is InChI=1S/C17H18N2O3/c1-14-7-5-6-10-16(14)21-12-11-18-19-17(20)22-13-15-8-3-2-4-9-15/h2-11H,12-13H2,1H3,(H,19,20). The first-order valence-electron chi connectivity index (χ1n) is 6.92. The van der Waals surface area contributed by atoms with E-state index in [1.165, 1.54) is 6.21 Å². The van der Waals surface area contributed by atoms with Gasteiger partial charge < -0.3 is 9.47 Å². The number of para-hydroxylation sites is 1. The molecule has 2 rings (SSSR count). The van der Waals surface area contributed by atoms with Crippen LogP contribution in [0.1, 0.15) is 11.1 Å². The fourth-order valence-electron chi connectivity index (χ4n) is 1.74. The highest BCUT2D eigenvalue weighted by Gasteiger charge is 2.00. The van der Waals surface area contributed by atoms with E-state index in [2.05, 4.69) is 10.5 Å². The van der Waals surface area contributed by atoms with Crippen LogP contribution in [0.2, 0.25) is 0 Å². The fraction of sp³-hybridized carbons (Fsp3) is 0.176. The Balaban J connectivity index is 1.65. The Morgan fingerprint density at radius 2 is 1.86 bits per heavy atom. The zero-order chi connectivity index (χ0) is 15.6. The average molecular weight is 298 g/mol. The lowest BCUT2D eigenvalue weighted by Crippen LogP contribution is -2.19. The summed E-state index contributed by atoms with van der Waals surface area (Å²) in [6.07, 6.45) is 0.868. The van der Waals surface area contributed by atoms with Gasteiger partial charge in [0.25, 0.3) is 0 Å². The molecule has 0 radical (unpaired) electrons. The van der Waals surface area contributed by atoms with Crippen molar-refractivity contribution >= 4 is 12.3 Å². The van der Waals surface area contributed by atoms with Crippen molar-refractivity contribution in [3.63, 3.8) is 0 Å². The molecule has 0 aliphatic rings.